The number of ether oxygens (including phenoxy) is 1. The third-order valence-corrected chi connectivity index (χ3v) is 4.65. The zero-order valence-corrected chi connectivity index (χ0v) is 11.8. The average Bonchev–Trinajstić information content (AvgIpc) is 3.08. The van der Waals surface area contributed by atoms with Crippen LogP contribution in [0.4, 0.5) is 0 Å². The Morgan fingerprint density at radius 1 is 1.25 bits per heavy atom. The van der Waals surface area contributed by atoms with E-state index in [0.717, 1.165) is 31.0 Å². The molecule has 0 radical (unpaired) electrons. The van der Waals surface area contributed by atoms with E-state index in [2.05, 4.69) is 35.0 Å². The number of hydrogen-bond acceptors (Lipinski definition) is 4. The van der Waals surface area contributed by atoms with Crippen molar-refractivity contribution in [3.05, 3.63) is 53.3 Å². The van der Waals surface area contributed by atoms with E-state index < -0.39 is 0 Å². The molecule has 1 aliphatic heterocycles. The maximum atomic E-state index is 6.30. The number of nitrogens with one attached hydrogen (secondary N) is 1. The van der Waals surface area contributed by atoms with Crippen molar-refractivity contribution in [3.8, 4) is 5.75 Å². The first-order valence-electron chi connectivity index (χ1n) is 6.82. The molecule has 1 atom stereocenters. The van der Waals surface area contributed by atoms with Crippen molar-refractivity contribution in [2.75, 3.05) is 6.54 Å². The van der Waals surface area contributed by atoms with Crippen LogP contribution in [-0.4, -0.2) is 6.54 Å². The van der Waals surface area contributed by atoms with Gasteiger partial charge in [-0.2, -0.15) is 0 Å². The lowest BCUT2D eigenvalue weighted by molar-refractivity contribution is 0.200. The Kier molecular flexibility index (Phi) is 2.98. The standard InChI is InChI=1S/C16H15NO2S/c1-2-11-6-9-20-16(11)14(3-1)19-13-4-7-17-10-15-12(13)5-8-18-15/h1-3,5-6,8-9,13,17H,4,7,10H2. The zero-order chi connectivity index (χ0) is 13.4. The van der Waals surface area contributed by atoms with Gasteiger partial charge in [0.2, 0.25) is 0 Å². The first-order chi connectivity index (χ1) is 9.92. The number of hydrogen-bond donors (Lipinski definition) is 1. The predicted octanol–water partition coefficient (Wildman–Crippen LogP) is 4.11. The van der Waals surface area contributed by atoms with Crippen LogP contribution in [0.2, 0.25) is 0 Å². The van der Waals surface area contributed by atoms with Gasteiger partial charge < -0.3 is 14.5 Å². The second-order valence-corrected chi connectivity index (χ2v) is 5.88. The Bertz CT molecular complexity index is 731. The van der Waals surface area contributed by atoms with Crippen LogP contribution < -0.4 is 10.1 Å². The van der Waals surface area contributed by atoms with Crippen LogP contribution in [0.15, 0.2) is 46.4 Å². The van der Waals surface area contributed by atoms with E-state index in [9.17, 15) is 0 Å². The minimum absolute atomic E-state index is 0.0615. The van der Waals surface area contributed by atoms with Crippen molar-refractivity contribution in [1.82, 2.24) is 5.32 Å². The fourth-order valence-electron chi connectivity index (χ4n) is 2.71. The quantitative estimate of drug-likeness (QED) is 0.769. The summed E-state index contributed by atoms with van der Waals surface area (Å²) in [5, 5.41) is 6.72. The van der Waals surface area contributed by atoms with Crippen molar-refractivity contribution in [2.24, 2.45) is 0 Å². The van der Waals surface area contributed by atoms with Crippen LogP contribution in [0.1, 0.15) is 23.8 Å². The molecule has 20 heavy (non-hydrogen) atoms. The van der Waals surface area contributed by atoms with E-state index in [-0.39, 0.29) is 6.10 Å². The van der Waals surface area contributed by atoms with Gasteiger partial charge in [-0.05, 0) is 35.5 Å². The van der Waals surface area contributed by atoms with Crippen molar-refractivity contribution >= 4 is 21.4 Å². The molecule has 0 fully saturated rings. The van der Waals surface area contributed by atoms with E-state index >= 15 is 0 Å². The van der Waals surface area contributed by atoms with Gasteiger partial charge in [0.1, 0.15) is 17.6 Å². The Balaban J connectivity index is 1.71. The third kappa shape index (κ3) is 2.01. The summed E-state index contributed by atoms with van der Waals surface area (Å²) in [5.74, 6) is 1.96. The highest BCUT2D eigenvalue weighted by atomic mass is 32.1. The molecule has 3 nitrogen and oxygen atoms in total. The molecule has 3 aromatic rings. The van der Waals surface area contributed by atoms with Crippen molar-refractivity contribution < 1.29 is 9.15 Å². The molecule has 0 amide bonds. The van der Waals surface area contributed by atoms with E-state index in [4.69, 9.17) is 9.15 Å². The topological polar surface area (TPSA) is 34.4 Å². The van der Waals surface area contributed by atoms with E-state index in [0.29, 0.717) is 0 Å². The van der Waals surface area contributed by atoms with Gasteiger partial charge in [-0.25, -0.2) is 0 Å². The summed E-state index contributed by atoms with van der Waals surface area (Å²) >= 11 is 1.73. The van der Waals surface area contributed by atoms with Gasteiger partial charge in [0.15, 0.2) is 0 Å². The maximum absolute atomic E-state index is 6.30. The maximum Gasteiger partial charge on any atom is 0.138 e. The van der Waals surface area contributed by atoms with E-state index in [1.165, 1.54) is 15.6 Å². The summed E-state index contributed by atoms with van der Waals surface area (Å²) in [6.07, 6.45) is 2.76. The number of furan rings is 1. The van der Waals surface area contributed by atoms with Gasteiger partial charge in [0.25, 0.3) is 0 Å². The molecule has 0 saturated carbocycles. The monoisotopic (exact) mass is 285 g/mol. The summed E-state index contributed by atoms with van der Waals surface area (Å²) in [7, 11) is 0. The van der Waals surface area contributed by atoms with Crippen molar-refractivity contribution in [3.63, 3.8) is 0 Å². The van der Waals surface area contributed by atoms with Gasteiger partial charge in [0, 0.05) is 12.0 Å². The molecule has 1 unspecified atom stereocenters. The molecule has 3 heterocycles. The fraction of sp³-hybridized carbons (Fsp3) is 0.250. The molecule has 1 N–H and O–H groups in total. The second kappa shape index (κ2) is 4.96. The summed E-state index contributed by atoms with van der Waals surface area (Å²) in [6, 6.07) is 10.4. The summed E-state index contributed by atoms with van der Waals surface area (Å²) in [4.78, 5) is 0. The minimum Gasteiger partial charge on any atom is -0.484 e. The molecular formula is C16H15NO2S. The molecular weight excluding hydrogens is 270 g/mol. The van der Waals surface area contributed by atoms with Gasteiger partial charge in [-0.3, -0.25) is 0 Å². The Morgan fingerprint density at radius 2 is 2.25 bits per heavy atom. The van der Waals surface area contributed by atoms with Crippen LogP contribution in [0.3, 0.4) is 0 Å². The van der Waals surface area contributed by atoms with Gasteiger partial charge >= 0.3 is 0 Å². The summed E-state index contributed by atoms with van der Waals surface area (Å²) < 4.78 is 13.1. The molecule has 0 saturated heterocycles. The highest BCUT2D eigenvalue weighted by Crippen LogP contribution is 2.35. The normalized spacial score (nSPS) is 18.7. The van der Waals surface area contributed by atoms with Crippen LogP contribution in [0.5, 0.6) is 5.75 Å². The van der Waals surface area contributed by atoms with Crippen molar-refractivity contribution in [1.29, 1.82) is 0 Å². The number of rotatable bonds is 2. The smallest absolute Gasteiger partial charge is 0.138 e. The van der Waals surface area contributed by atoms with E-state index in [1.807, 2.05) is 6.07 Å². The summed E-state index contributed by atoms with van der Waals surface area (Å²) in [5.41, 5.74) is 1.17. The largest absolute Gasteiger partial charge is 0.484 e. The second-order valence-electron chi connectivity index (χ2n) is 4.97. The number of thiophene rings is 1. The van der Waals surface area contributed by atoms with Crippen LogP contribution in [-0.2, 0) is 6.54 Å². The molecule has 1 aromatic carbocycles. The first kappa shape index (κ1) is 12.0. The number of benzene rings is 1. The Hall–Kier alpha value is -1.78. The molecule has 0 aliphatic carbocycles. The molecule has 102 valence electrons. The highest BCUT2D eigenvalue weighted by molar-refractivity contribution is 7.17. The molecule has 4 heteroatoms. The fourth-order valence-corrected chi connectivity index (χ4v) is 3.56. The molecule has 0 spiro atoms. The molecule has 1 aliphatic rings. The Labute approximate surface area is 121 Å². The van der Waals surface area contributed by atoms with Crippen LogP contribution in [0, 0.1) is 0 Å². The molecule has 4 rings (SSSR count). The van der Waals surface area contributed by atoms with E-state index in [1.54, 1.807) is 17.6 Å². The molecule has 0 bridgehead atoms. The first-order valence-corrected chi connectivity index (χ1v) is 7.69. The minimum atomic E-state index is 0.0615. The lowest BCUT2D eigenvalue weighted by Gasteiger charge is -2.17. The average molecular weight is 285 g/mol. The summed E-state index contributed by atoms with van der Waals surface area (Å²) in [6.45, 7) is 1.72. The SMILES string of the molecule is c1cc(OC2CCNCc3occc32)c2sccc2c1. The predicted molar refractivity (Wildman–Crippen MR) is 80.2 cm³/mol. The lowest BCUT2D eigenvalue weighted by atomic mass is 10.1. The third-order valence-electron chi connectivity index (χ3n) is 3.71. The van der Waals surface area contributed by atoms with Gasteiger partial charge in [-0.15, -0.1) is 11.3 Å². The van der Waals surface area contributed by atoms with Crippen LogP contribution in [0.25, 0.3) is 10.1 Å². The highest BCUT2D eigenvalue weighted by Gasteiger charge is 2.23. The van der Waals surface area contributed by atoms with Crippen molar-refractivity contribution in [2.45, 2.75) is 19.1 Å². The molecule has 2 aromatic heterocycles. The van der Waals surface area contributed by atoms with Crippen LogP contribution >= 0.6 is 11.3 Å². The zero-order valence-electron chi connectivity index (χ0n) is 11.0. The van der Waals surface area contributed by atoms with Gasteiger partial charge in [0.05, 0.1) is 17.5 Å². The lowest BCUT2D eigenvalue weighted by Crippen LogP contribution is -2.14. The Morgan fingerprint density at radius 3 is 3.25 bits per heavy atom. The van der Waals surface area contributed by atoms with Gasteiger partial charge in [-0.1, -0.05) is 12.1 Å². The number of fused-ring (bicyclic) bond motifs is 2.